The summed E-state index contributed by atoms with van der Waals surface area (Å²) in [5, 5.41) is 1.73. The van der Waals surface area contributed by atoms with Gasteiger partial charge >= 0.3 is 0 Å². The molecule has 1 atom stereocenters. The van der Waals surface area contributed by atoms with Crippen molar-refractivity contribution in [2.75, 3.05) is 20.0 Å². The number of aryl methyl sites for hydroxylation is 1. The van der Waals surface area contributed by atoms with Crippen molar-refractivity contribution in [1.82, 2.24) is 10.3 Å². The number of benzene rings is 1. The third-order valence-corrected chi connectivity index (χ3v) is 5.57. The summed E-state index contributed by atoms with van der Waals surface area (Å²) in [5.41, 5.74) is 1.69. The predicted octanol–water partition coefficient (Wildman–Crippen LogP) is 4.10. The number of imide groups is 1. The van der Waals surface area contributed by atoms with Crippen LogP contribution < -0.4 is 14.8 Å². The Balaban J connectivity index is 0.00000124. The molecule has 1 saturated heterocycles. The number of rotatable bonds is 8. The van der Waals surface area contributed by atoms with Crippen LogP contribution in [0.25, 0.3) is 11.5 Å². The zero-order valence-electron chi connectivity index (χ0n) is 17.4. The van der Waals surface area contributed by atoms with Gasteiger partial charge in [0, 0.05) is 18.6 Å². The number of thioether (sulfide) groups is 1. The Kier molecular flexibility index (Phi) is 7.75. The lowest BCUT2D eigenvalue weighted by atomic mass is 10.2. The highest BCUT2D eigenvalue weighted by Gasteiger charge is 2.30. The molecule has 9 heteroatoms. The van der Waals surface area contributed by atoms with E-state index in [0.717, 1.165) is 40.9 Å². The average molecular weight is 435 g/mol. The van der Waals surface area contributed by atoms with Crippen molar-refractivity contribution in [3.05, 3.63) is 29.7 Å². The molecule has 1 unspecified atom stereocenters. The molecule has 0 saturated carbocycles. The molecule has 30 heavy (non-hydrogen) atoms. The minimum absolute atomic E-state index is 0.204. The number of aromatic nitrogens is 1. The molecule has 1 aromatic carbocycles. The zero-order chi connectivity index (χ0) is 21.5. The molecule has 4 rings (SSSR count). The highest BCUT2D eigenvalue weighted by atomic mass is 32.2. The molecule has 2 aliphatic rings. The standard InChI is InChI=1S/C19H20N2O6S.C2H6/c1-11-13(6-8-24-7-2-3-16-17(22)21-19(23)28-16)20-18(27-11)12-4-5-14-15(9-12)26-10-25-14;1-2/h4-5,9,16H,2-3,6-8,10H2,1H3,(H,21,22,23);1-2H3. The predicted molar refractivity (Wildman–Crippen MR) is 113 cm³/mol. The Morgan fingerprint density at radius 3 is 2.77 bits per heavy atom. The third kappa shape index (κ3) is 5.34. The van der Waals surface area contributed by atoms with Crippen LogP contribution in [-0.4, -0.2) is 41.4 Å². The molecule has 0 bridgehead atoms. The summed E-state index contributed by atoms with van der Waals surface area (Å²) in [6.07, 6.45) is 1.98. The van der Waals surface area contributed by atoms with Crippen molar-refractivity contribution < 1.29 is 28.2 Å². The molecule has 1 N–H and O–H groups in total. The van der Waals surface area contributed by atoms with Crippen molar-refractivity contribution in [3.8, 4) is 23.0 Å². The minimum Gasteiger partial charge on any atom is -0.454 e. The highest BCUT2D eigenvalue weighted by molar-refractivity contribution is 8.15. The summed E-state index contributed by atoms with van der Waals surface area (Å²) in [6, 6.07) is 5.59. The molecule has 1 aromatic heterocycles. The number of carbonyl (C=O) groups is 2. The largest absolute Gasteiger partial charge is 0.454 e. The maximum atomic E-state index is 11.5. The molecular weight excluding hydrogens is 408 g/mol. The van der Waals surface area contributed by atoms with Gasteiger partial charge in [0.1, 0.15) is 5.76 Å². The van der Waals surface area contributed by atoms with Gasteiger partial charge in [0.25, 0.3) is 5.24 Å². The summed E-state index contributed by atoms with van der Waals surface area (Å²) in [4.78, 5) is 27.2. The number of nitrogens with one attached hydrogen (secondary N) is 1. The first-order valence-corrected chi connectivity index (χ1v) is 10.9. The van der Waals surface area contributed by atoms with Crippen LogP contribution in [0.15, 0.2) is 22.6 Å². The topological polar surface area (TPSA) is 99.9 Å². The lowest BCUT2D eigenvalue weighted by molar-refractivity contribution is -0.119. The molecular formula is C21H26N2O6S. The Hall–Kier alpha value is -2.52. The SMILES string of the molecule is CC.Cc1oc(-c2ccc3c(c2)OCO3)nc1CCOCCCC1SC(=O)NC1=O. The fourth-order valence-corrected chi connectivity index (χ4v) is 3.91. The van der Waals surface area contributed by atoms with E-state index in [0.29, 0.717) is 37.7 Å². The smallest absolute Gasteiger partial charge is 0.286 e. The van der Waals surface area contributed by atoms with Gasteiger partial charge in [-0.1, -0.05) is 25.6 Å². The molecule has 162 valence electrons. The van der Waals surface area contributed by atoms with Crippen molar-refractivity contribution in [1.29, 1.82) is 0 Å². The number of hydrogen-bond acceptors (Lipinski definition) is 8. The lowest BCUT2D eigenvalue weighted by Gasteiger charge is -2.05. The van der Waals surface area contributed by atoms with E-state index in [2.05, 4.69) is 10.3 Å². The molecule has 8 nitrogen and oxygen atoms in total. The van der Waals surface area contributed by atoms with E-state index < -0.39 is 0 Å². The Bertz CT molecular complexity index is 898. The highest BCUT2D eigenvalue weighted by Crippen LogP contribution is 2.36. The molecule has 0 spiro atoms. The van der Waals surface area contributed by atoms with Crippen LogP contribution in [0.2, 0.25) is 0 Å². The molecule has 0 aliphatic carbocycles. The number of carbonyl (C=O) groups excluding carboxylic acids is 2. The van der Waals surface area contributed by atoms with Gasteiger partial charge in [-0.25, -0.2) is 4.98 Å². The van der Waals surface area contributed by atoms with E-state index in [-0.39, 0.29) is 23.2 Å². The number of oxazole rings is 1. The number of amides is 2. The second-order valence-corrected chi connectivity index (χ2v) is 7.65. The van der Waals surface area contributed by atoms with E-state index >= 15 is 0 Å². The van der Waals surface area contributed by atoms with Crippen LogP contribution in [-0.2, 0) is 16.0 Å². The van der Waals surface area contributed by atoms with E-state index in [1.165, 1.54) is 0 Å². The van der Waals surface area contributed by atoms with Gasteiger partial charge in [0.2, 0.25) is 18.6 Å². The monoisotopic (exact) mass is 434 g/mol. The van der Waals surface area contributed by atoms with Crippen molar-refractivity contribution in [2.45, 2.75) is 45.3 Å². The lowest BCUT2D eigenvalue weighted by Crippen LogP contribution is -2.24. The van der Waals surface area contributed by atoms with Gasteiger partial charge in [-0.05, 0) is 38.0 Å². The summed E-state index contributed by atoms with van der Waals surface area (Å²) in [6.45, 7) is 7.15. The van der Waals surface area contributed by atoms with Crippen LogP contribution in [0.3, 0.4) is 0 Å². The van der Waals surface area contributed by atoms with E-state index in [4.69, 9.17) is 18.6 Å². The number of ether oxygens (including phenoxy) is 3. The number of hydrogen-bond donors (Lipinski definition) is 1. The molecule has 2 aliphatic heterocycles. The third-order valence-electron chi connectivity index (χ3n) is 4.52. The number of fused-ring (bicyclic) bond motifs is 1. The molecule has 2 amide bonds. The first kappa shape index (κ1) is 22.2. The molecule has 2 aromatic rings. The van der Waals surface area contributed by atoms with Crippen LogP contribution in [0.1, 0.15) is 38.1 Å². The first-order chi connectivity index (χ1) is 14.6. The quantitative estimate of drug-likeness (QED) is 0.620. The Morgan fingerprint density at radius 1 is 1.20 bits per heavy atom. The summed E-state index contributed by atoms with van der Waals surface area (Å²) >= 11 is 1.05. The maximum absolute atomic E-state index is 11.5. The second kappa shape index (κ2) is 10.5. The van der Waals surface area contributed by atoms with Crippen LogP contribution in [0, 0.1) is 6.92 Å². The van der Waals surface area contributed by atoms with Gasteiger partial charge in [-0.3, -0.25) is 14.9 Å². The van der Waals surface area contributed by atoms with E-state index in [1.54, 1.807) is 0 Å². The second-order valence-electron chi connectivity index (χ2n) is 6.48. The summed E-state index contributed by atoms with van der Waals surface area (Å²) in [7, 11) is 0. The maximum Gasteiger partial charge on any atom is 0.286 e. The molecule has 0 radical (unpaired) electrons. The first-order valence-electron chi connectivity index (χ1n) is 10.1. The van der Waals surface area contributed by atoms with Gasteiger partial charge < -0.3 is 18.6 Å². The molecule has 1 fully saturated rings. The summed E-state index contributed by atoms with van der Waals surface area (Å²) < 4.78 is 22.1. The Morgan fingerprint density at radius 2 is 2.00 bits per heavy atom. The van der Waals surface area contributed by atoms with Crippen LogP contribution in [0.5, 0.6) is 11.5 Å². The van der Waals surface area contributed by atoms with Crippen molar-refractivity contribution >= 4 is 22.9 Å². The van der Waals surface area contributed by atoms with Gasteiger partial charge in [0.05, 0.1) is 17.6 Å². The van der Waals surface area contributed by atoms with Gasteiger partial charge in [-0.2, -0.15) is 0 Å². The minimum atomic E-state index is -0.293. The van der Waals surface area contributed by atoms with Crippen molar-refractivity contribution in [3.63, 3.8) is 0 Å². The van der Waals surface area contributed by atoms with Gasteiger partial charge in [-0.15, -0.1) is 0 Å². The van der Waals surface area contributed by atoms with Gasteiger partial charge in [0.15, 0.2) is 11.5 Å². The normalized spacial score (nSPS) is 17.0. The van der Waals surface area contributed by atoms with E-state index in [9.17, 15) is 9.59 Å². The van der Waals surface area contributed by atoms with Crippen LogP contribution in [0.4, 0.5) is 4.79 Å². The summed E-state index contributed by atoms with van der Waals surface area (Å²) in [5.74, 6) is 2.50. The van der Waals surface area contributed by atoms with Crippen molar-refractivity contribution in [2.24, 2.45) is 0 Å². The zero-order valence-corrected chi connectivity index (χ0v) is 18.2. The fraction of sp³-hybridized carbons (Fsp3) is 0.476. The Labute approximate surface area is 179 Å². The number of nitrogens with zero attached hydrogens (tertiary/aromatic N) is 1. The fourth-order valence-electron chi connectivity index (χ4n) is 3.04. The van der Waals surface area contributed by atoms with Crippen LogP contribution >= 0.6 is 11.8 Å². The average Bonchev–Trinajstić information content (AvgIpc) is 3.44. The molecule has 3 heterocycles. The van der Waals surface area contributed by atoms with E-state index in [1.807, 2.05) is 39.0 Å².